The van der Waals surface area contributed by atoms with Gasteiger partial charge in [-0.3, -0.25) is 10.0 Å². The van der Waals surface area contributed by atoms with Crippen LogP contribution in [0.1, 0.15) is 43.5 Å². The highest BCUT2D eigenvalue weighted by Gasteiger charge is 2.51. The maximum atomic E-state index is 13.1. The Bertz CT molecular complexity index is 1050. The fraction of sp³-hybridized carbons (Fsp3) is 0.714. The topological polar surface area (TPSA) is 223 Å². The Morgan fingerprint density at radius 1 is 0.884 bits per heavy atom. The van der Waals surface area contributed by atoms with E-state index in [1.54, 1.807) is 18.2 Å². The third-order valence-electron chi connectivity index (χ3n) is 8.07. The highest BCUT2D eigenvalue weighted by molar-refractivity contribution is 5.89. The molecule has 0 radical (unpaired) electrons. The van der Waals surface area contributed by atoms with Crippen LogP contribution in [0.2, 0.25) is 0 Å². The van der Waals surface area contributed by atoms with Crippen molar-refractivity contribution in [3.8, 4) is 0 Å². The first kappa shape index (κ1) is 33.6. The lowest BCUT2D eigenvalue weighted by atomic mass is 9.85. The number of carbonyl (C=O) groups excluding carboxylic acids is 2. The van der Waals surface area contributed by atoms with E-state index in [1.165, 1.54) is 24.5 Å². The number of ether oxygens (including phenoxy) is 6. The van der Waals surface area contributed by atoms with E-state index in [0.717, 1.165) is 6.42 Å². The van der Waals surface area contributed by atoms with Crippen molar-refractivity contribution < 1.29 is 68.8 Å². The summed E-state index contributed by atoms with van der Waals surface area (Å²) >= 11 is 0. The van der Waals surface area contributed by atoms with Crippen molar-refractivity contribution in [2.24, 2.45) is 5.92 Å². The standard InChI is InChI=1S/C28H41NO14/c1-13-7-6-10-16(23(13)43-27-22(35)21(34)19(32)14(2)39-27)40-28-25(42-26(36)15-8-4-3-5-9-15)24(38-12-18(31)29-37)20(33)17(11-30)41-28/h3-5,8-9,13-14,16-17,19-25,27-28,30,32-35,37H,6-7,10-12H2,1-2H3,(H,29,31). The van der Waals surface area contributed by atoms with Gasteiger partial charge in [0.2, 0.25) is 0 Å². The van der Waals surface area contributed by atoms with Crippen molar-refractivity contribution in [2.75, 3.05) is 13.2 Å². The molecule has 2 saturated heterocycles. The summed E-state index contributed by atoms with van der Waals surface area (Å²) in [6, 6.07) is 7.99. The molecule has 3 fully saturated rings. The fourth-order valence-corrected chi connectivity index (χ4v) is 5.59. The molecule has 43 heavy (non-hydrogen) atoms. The molecule has 13 atom stereocenters. The maximum Gasteiger partial charge on any atom is 0.338 e. The number of amides is 1. The van der Waals surface area contributed by atoms with E-state index in [9.17, 15) is 35.1 Å². The summed E-state index contributed by atoms with van der Waals surface area (Å²) in [6.45, 7) is 2.04. The fourth-order valence-electron chi connectivity index (χ4n) is 5.59. The predicted molar refractivity (Wildman–Crippen MR) is 142 cm³/mol. The van der Waals surface area contributed by atoms with Crippen LogP contribution in [0, 0.1) is 5.92 Å². The molecule has 242 valence electrons. The lowest BCUT2D eigenvalue weighted by Gasteiger charge is -2.47. The molecular formula is C28H41NO14. The van der Waals surface area contributed by atoms with Crippen molar-refractivity contribution in [3.63, 3.8) is 0 Å². The summed E-state index contributed by atoms with van der Waals surface area (Å²) in [5.41, 5.74) is 1.60. The highest BCUT2D eigenvalue weighted by Crippen LogP contribution is 2.36. The van der Waals surface area contributed by atoms with Gasteiger partial charge in [0.1, 0.15) is 43.2 Å². The summed E-state index contributed by atoms with van der Waals surface area (Å²) < 4.78 is 35.3. The molecule has 1 saturated carbocycles. The Kier molecular flexibility index (Phi) is 11.8. The minimum Gasteiger partial charge on any atom is -0.450 e. The molecule has 15 nitrogen and oxygen atoms in total. The zero-order valence-corrected chi connectivity index (χ0v) is 23.9. The van der Waals surface area contributed by atoms with Gasteiger partial charge in [-0.05, 0) is 37.8 Å². The molecule has 1 aromatic rings. The average Bonchev–Trinajstić information content (AvgIpc) is 3.01. The van der Waals surface area contributed by atoms with E-state index < -0.39 is 98.7 Å². The summed E-state index contributed by atoms with van der Waals surface area (Å²) in [5.74, 6) is -1.88. The van der Waals surface area contributed by atoms with Crippen LogP contribution in [0.25, 0.3) is 0 Å². The van der Waals surface area contributed by atoms with Crippen LogP contribution in [0.3, 0.4) is 0 Å². The number of aliphatic hydroxyl groups excluding tert-OH is 5. The summed E-state index contributed by atoms with van der Waals surface area (Å²) in [6.07, 6.45) is -13.2. The molecule has 7 N–H and O–H groups in total. The monoisotopic (exact) mass is 615 g/mol. The number of hydroxylamine groups is 1. The number of benzene rings is 1. The number of aliphatic hydroxyl groups is 5. The van der Waals surface area contributed by atoms with E-state index in [4.69, 9.17) is 33.6 Å². The second-order valence-electron chi connectivity index (χ2n) is 11.1. The van der Waals surface area contributed by atoms with E-state index in [-0.39, 0.29) is 11.5 Å². The molecule has 3 aliphatic rings. The number of esters is 1. The van der Waals surface area contributed by atoms with Gasteiger partial charge >= 0.3 is 5.97 Å². The number of nitrogens with one attached hydrogen (secondary N) is 1. The van der Waals surface area contributed by atoms with Crippen LogP contribution >= 0.6 is 0 Å². The van der Waals surface area contributed by atoms with Gasteiger partial charge < -0.3 is 54.0 Å². The zero-order valence-electron chi connectivity index (χ0n) is 23.9. The van der Waals surface area contributed by atoms with Gasteiger partial charge in [-0.1, -0.05) is 31.5 Å². The minimum atomic E-state index is -1.57. The smallest absolute Gasteiger partial charge is 0.338 e. The molecule has 0 spiro atoms. The Hall–Kier alpha value is -2.28. The molecule has 4 rings (SSSR count). The van der Waals surface area contributed by atoms with Crippen LogP contribution in [-0.2, 0) is 33.2 Å². The minimum absolute atomic E-state index is 0.137. The first-order valence-electron chi connectivity index (χ1n) is 14.3. The zero-order chi connectivity index (χ0) is 31.3. The van der Waals surface area contributed by atoms with Crippen molar-refractivity contribution >= 4 is 11.9 Å². The van der Waals surface area contributed by atoms with Gasteiger partial charge in [0, 0.05) is 0 Å². The second kappa shape index (κ2) is 15.1. The Morgan fingerprint density at radius 2 is 1.60 bits per heavy atom. The largest absolute Gasteiger partial charge is 0.450 e. The number of hydrogen-bond donors (Lipinski definition) is 7. The van der Waals surface area contributed by atoms with Gasteiger partial charge in [-0.25, -0.2) is 10.3 Å². The Labute approximate surface area is 248 Å². The van der Waals surface area contributed by atoms with Crippen LogP contribution in [0.5, 0.6) is 0 Å². The molecule has 2 heterocycles. The first-order chi connectivity index (χ1) is 20.5. The SMILES string of the molecule is CC1CCCC(OC2OC(CO)C(O)C(OCC(=O)NO)C2OC(=O)c2ccccc2)C1OC1OC(C)C(O)C(O)C1O. The maximum absolute atomic E-state index is 13.1. The van der Waals surface area contributed by atoms with Crippen LogP contribution < -0.4 is 5.48 Å². The average molecular weight is 616 g/mol. The van der Waals surface area contributed by atoms with E-state index >= 15 is 0 Å². The van der Waals surface area contributed by atoms with E-state index in [1.807, 2.05) is 6.92 Å². The van der Waals surface area contributed by atoms with E-state index in [2.05, 4.69) is 0 Å². The lowest BCUT2D eigenvalue weighted by molar-refractivity contribution is -0.346. The third-order valence-corrected chi connectivity index (χ3v) is 8.07. The molecule has 1 aromatic carbocycles. The first-order valence-corrected chi connectivity index (χ1v) is 14.3. The van der Waals surface area contributed by atoms with E-state index in [0.29, 0.717) is 12.8 Å². The second-order valence-corrected chi connectivity index (χ2v) is 11.1. The van der Waals surface area contributed by atoms with Crippen molar-refractivity contribution in [1.82, 2.24) is 5.48 Å². The van der Waals surface area contributed by atoms with Gasteiger partial charge in [0.15, 0.2) is 18.7 Å². The summed E-state index contributed by atoms with van der Waals surface area (Å²) in [5, 5.41) is 60.7. The molecular weight excluding hydrogens is 574 g/mol. The van der Waals surface area contributed by atoms with Crippen molar-refractivity contribution in [3.05, 3.63) is 35.9 Å². The molecule has 1 amide bonds. The summed E-state index contributed by atoms with van der Waals surface area (Å²) in [7, 11) is 0. The lowest BCUT2D eigenvalue weighted by Crippen LogP contribution is -2.63. The third kappa shape index (κ3) is 7.87. The van der Waals surface area contributed by atoms with Gasteiger partial charge in [-0.15, -0.1) is 0 Å². The number of carbonyl (C=O) groups is 2. The van der Waals surface area contributed by atoms with Gasteiger partial charge in [0.25, 0.3) is 5.91 Å². The Morgan fingerprint density at radius 3 is 2.28 bits per heavy atom. The molecule has 1 aliphatic carbocycles. The van der Waals surface area contributed by atoms with Gasteiger partial charge in [-0.2, -0.15) is 0 Å². The van der Waals surface area contributed by atoms with Crippen molar-refractivity contribution in [2.45, 2.75) is 107 Å². The van der Waals surface area contributed by atoms with Crippen LogP contribution in [0.4, 0.5) is 0 Å². The summed E-state index contributed by atoms with van der Waals surface area (Å²) in [4.78, 5) is 24.9. The molecule has 0 bridgehead atoms. The quantitative estimate of drug-likeness (QED) is 0.0914. The predicted octanol–water partition coefficient (Wildman–Crippen LogP) is -1.40. The number of rotatable bonds is 10. The number of hydrogen-bond acceptors (Lipinski definition) is 14. The van der Waals surface area contributed by atoms with Crippen LogP contribution in [0.15, 0.2) is 30.3 Å². The van der Waals surface area contributed by atoms with Crippen molar-refractivity contribution in [1.29, 1.82) is 0 Å². The molecule has 0 aromatic heterocycles. The highest BCUT2D eigenvalue weighted by atomic mass is 16.7. The van der Waals surface area contributed by atoms with Crippen LogP contribution in [-0.4, -0.2) is 129 Å². The van der Waals surface area contributed by atoms with Gasteiger partial charge in [0.05, 0.1) is 30.5 Å². The Balaban J connectivity index is 1.59. The molecule has 13 unspecified atom stereocenters. The molecule has 2 aliphatic heterocycles. The normalized spacial score (nSPS) is 40.0. The molecule has 15 heteroatoms.